The maximum Gasteiger partial charge on any atom is 0.345 e. The van der Waals surface area contributed by atoms with Gasteiger partial charge in [-0.15, -0.1) is 21.5 Å². The van der Waals surface area contributed by atoms with Crippen molar-refractivity contribution in [2.24, 2.45) is 0 Å². The zero-order valence-corrected chi connectivity index (χ0v) is 10.6. The van der Waals surface area contributed by atoms with Crippen LogP contribution in [0.1, 0.15) is 20.1 Å². The fourth-order valence-corrected chi connectivity index (χ4v) is 3.10. The number of hydrogen-bond acceptors (Lipinski definition) is 6. The van der Waals surface area contributed by atoms with E-state index in [0.29, 0.717) is 15.8 Å². The third kappa shape index (κ3) is 2.59. The van der Waals surface area contributed by atoms with Crippen molar-refractivity contribution in [2.75, 3.05) is 5.84 Å². The van der Waals surface area contributed by atoms with E-state index in [1.54, 1.807) is 6.07 Å². The number of rotatable bonds is 4. The molecule has 0 saturated heterocycles. The highest BCUT2D eigenvalue weighted by Gasteiger charge is 2.12. The van der Waals surface area contributed by atoms with Crippen molar-refractivity contribution >= 4 is 29.1 Å². The smallest absolute Gasteiger partial charge is 0.345 e. The Morgan fingerprint density at radius 2 is 2.47 bits per heavy atom. The first-order valence-electron chi connectivity index (χ1n) is 4.68. The van der Waals surface area contributed by atoms with Gasteiger partial charge in [0.05, 0.1) is 0 Å². The molecule has 0 bridgehead atoms. The fourth-order valence-electron chi connectivity index (χ4n) is 1.25. The van der Waals surface area contributed by atoms with Crippen LogP contribution in [0.5, 0.6) is 0 Å². The number of nitrogen functional groups attached to an aromatic ring is 1. The number of thiophene rings is 1. The Balaban J connectivity index is 2.09. The Hall–Kier alpha value is -1.54. The molecule has 2 heterocycles. The Kier molecular flexibility index (Phi) is 3.34. The van der Waals surface area contributed by atoms with Crippen LogP contribution in [0.2, 0.25) is 0 Å². The topological polar surface area (TPSA) is 94.0 Å². The molecule has 0 saturated carbocycles. The van der Waals surface area contributed by atoms with Gasteiger partial charge < -0.3 is 10.9 Å². The molecule has 6 nitrogen and oxygen atoms in total. The quantitative estimate of drug-likeness (QED) is 0.643. The molecule has 0 radical (unpaired) electrons. The Morgan fingerprint density at radius 3 is 3.00 bits per heavy atom. The van der Waals surface area contributed by atoms with Gasteiger partial charge >= 0.3 is 5.97 Å². The molecule has 0 fully saturated rings. The molecule has 0 aliphatic rings. The minimum Gasteiger partial charge on any atom is -0.477 e. The zero-order chi connectivity index (χ0) is 12.4. The maximum absolute atomic E-state index is 10.8. The lowest BCUT2D eigenvalue weighted by molar-refractivity contribution is 0.0702. The molecule has 0 aliphatic carbocycles. The van der Waals surface area contributed by atoms with Crippen LogP contribution in [0.15, 0.2) is 17.6 Å². The molecule has 2 aromatic heterocycles. The van der Waals surface area contributed by atoms with Gasteiger partial charge in [-0.2, -0.15) is 0 Å². The predicted octanol–water partition coefficient (Wildman–Crippen LogP) is 1.35. The summed E-state index contributed by atoms with van der Waals surface area (Å²) in [6.07, 6.45) is 1.42. The van der Waals surface area contributed by atoms with E-state index in [2.05, 4.69) is 10.2 Å². The van der Waals surface area contributed by atoms with Crippen LogP contribution in [0.4, 0.5) is 0 Å². The molecule has 0 aromatic carbocycles. The predicted molar refractivity (Wildman–Crippen MR) is 65.7 cm³/mol. The molecule has 0 spiro atoms. The van der Waals surface area contributed by atoms with Gasteiger partial charge in [0.2, 0.25) is 5.16 Å². The highest BCUT2D eigenvalue weighted by Crippen LogP contribution is 2.27. The number of aromatic carboxylic acids is 1. The van der Waals surface area contributed by atoms with Crippen LogP contribution in [0.25, 0.3) is 0 Å². The minimum absolute atomic E-state index is 0.354. The summed E-state index contributed by atoms with van der Waals surface area (Å²) in [6.45, 7) is 1.90. The largest absolute Gasteiger partial charge is 0.477 e. The zero-order valence-electron chi connectivity index (χ0n) is 8.95. The summed E-state index contributed by atoms with van der Waals surface area (Å²) in [5.41, 5.74) is 0.986. The molecule has 3 N–H and O–H groups in total. The second-order valence-corrected chi connectivity index (χ2v) is 5.51. The number of carboxylic acids is 1. The van der Waals surface area contributed by atoms with E-state index in [1.165, 1.54) is 34.1 Å². The van der Waals surface area contributed by atoms with Crippen molar-refractivity contribution in [3.8, 4) is 0 Å². The van der Waals surface area contributed by atoms with E-state index in [-0.39, 0.29) is 0 Å². The average Bonchev–Trinajstić information content (AvgIpc) is 2.82. The molecule has 0 unspecified atom stereocenters. The summed E-state index contributed by atoms with van der Waals surface area (Å²) in [5.74, 6) is 5.31. The maximum atomic E-state index is 10.8. The van der Waals surface area contributed by atoms with Crippen molar-refractivity contribution in [2.45, 2.75) is 17.8 Å². The Labute approximate surface area is 105 Å². The van der Waals surface area contributed by atoms with Gasteiger partial charge in [-0.05, 0) is 18.6 Å². The summed E-state index contributed by atoms with van der Waals surface area (Å²) in [7, 11) is 0. The van der Waals surface area contributed by atoms with Crippen LogP contribution in [-0.4, -0.2) is 25.9 Å². The number of thioether (sulfide) groups is 1. The summed E-state index contributed by atoms with van der Waals surface area (Å²) >= 11 is 2.70. The van der Waals surface area contributed by atoms with E-state index in [9.17, 15) is 4.79 Å². The van der Waals surface area contributed by atoms with Gasteiger partial charge in [-0.1, -0.05) is 11.8 Å². The number of nitrogens with zero attached hydrogens (tertiary/aromatic N) is 3. The molecule has 0 atom stereocenters. The monoisotopic (exact) mass is 270 g/mol. The molecule has 8 heteroatoms. The summed E-state index contributed by atoms with van der Waals surface area (Å²) < 4.78 is 1.34. The minimum atomic E-state index is -0.892. The van der Waals surface area contributed by atoms with Crippen LogP contribution in [0, 0.1) is 6.92 Å². The van der Waals surface area contributed by atoms with Gasteiger partial charge in [0.15, 0.2) is 0 Å². The van der Waals surface area contributed by atoms with Gasteiger partial charge in [0, 0.05) is 10.6 Å². The second kappa shape index (κ2) is 4.76. The third-order valence-corrected chi connectivity index (χ3v) is 4.22. The normalized spacial score (nSPS) is 10.6. The van der Waals surface area contributed by atoms with E-state index in [0.717, 1.165) is 10.4 Å². The van der Waals surface area contributed by atoms with Crippen molar-refractivity contribution in [1.82, 2.24) is 14.9 Å². The van der Waals surface area contributed by atoms with Crippen LogP contribution >= 0.6 is 23.1 Å². The first-order valence-corrected chi connectivity index (χ1v) is 6.48. The molecular formula is C9H10N4O2S2. The van der Waals surface area contributed by atoms with Crippen molar-refractivity contribution in [3.05, 3.63) is 27.7 Å². The summed E-state index contributed by atoms with van der Waals surface area (Å²) in [6, 6.07) is 1.69. The van der Waals surface area contributed by atoms with Gasteiger partial charge in [-0.25, -0.2) is 9.47 Å². The molecule has 0 aliphatic heterocycles. The first kappa shape index (κ1) is 11.9. The number of aryl methyl sites for hydroxylation is 1. The van der Waals surface area contributed by atoms with E-state index in [4.69, 9.17) is 10.9 Å². The SMILES string of the molecule is Cc1sc(C(=O)O)cc1CSc1nncn1N. The number of carboxylic acid groups (broad SMARTS) is 1. The standard InChI is InChI=1S/C9H10N4O2S2/c1-5-6(2-7(17-5)8(14)15)3-16-9-12-11-4-13(9)10/h2,4H,3,10H2,1H3,(H,14,15). The van der Waals surface area contributed by atoms with E-state index < -0.39 is 5.97 Å². The van der Waals surface area contributed by atoms with Crippen molar-refractivity contribution in [3.63, 3.8) is 0 Å². The highest BCUT2D eigenvalue weighted by atomic mass is 32.2. The number of carbonyl (C=O) groups is 1. The fraction of sp³-hybridized carbons (Fsp3) is 0.222. The number of hydrogen-bond donors (Lipinski definition) is 2. The third-order valence-electron chi connectivity index (χ3n) is 2.13. The summed E-state index contributed by atoms with van der Waals surface area (Å²) in [5, 5.41) is 17.0. The lowest BCUT2D eigenvalue weighted by atomic mass is 10.3. The highest BCUT2D eigenvalue weighted by molar-refractivity contribution is 7.98. The lowest BCUT2D eigenvalue weighted by Gasteiger charge is -1.99. The van der Waals surface area contributed by atoms with E-state index >= 15 is 0 Å². The first-order chi connectivity index (χ1) is 8.08. The van der Waals surface area contributed by atoms with Crippen molar-refractivity contribution < 1.29 is 9.90 Å². The Bertz CT molecular complexity index is 549. The average molecular weight is 270 g/mol. The van der Waals surface area contributed by atoms with Crippen molar-refractivity contribution in [1.29, 1.82) is 0 Å². The molecule has 0 amide bonds. The number of aromatic nitrogens is 3. The molecule has 17 heavy (non-hydrogen) atoms. The molecule has 90 valence electrons. The van der Waals surface area contributed by atoms with Crippen LogP contribution < -0.4 is 5.84 Å². The van der Waals surface area contributed by atoms with Crippen LogP contribution in [-0.2, 0) is 5.75 Å². The molecular weight excluding hydrogens is 260 g/mol. The van der Waals surface area contributed by atoms with Gasteiger partial charge in [0.25, 0.3) is 0 Å². The lowest BCUT2D eigenvalue weighted by Crippen LogP contribution is -2.07. The summed E-state index contributed by atoms with van der Waals surface area (Å²) in [4.78, 5) is 12.2. The second-order valence-electron chi connectivity index (χ2n) is 3.31. The van der Waals surface area contributed by atoms with Gasteiger partial charge in [0.1, 0.15) is 11.2 Å². The number of nitrogens with two attached hydrogens (primary N) is 1. The molecule has 2 aromatic rings. The van der Waals surface area contributed by atoms with Gasteiger partial charge in [-0.3, -0.25) is 0 Å². The van der Waals surface area contributed by atoms with E-state index in [1.807, 2.05) is 6.92 Å². The Morgan fingerprint density at radius 1 is 1.71 bits per heavy atom. The molecule has 2 rings (SSSR count). The van der Waals surface area contributed by atoms with Crippen LogP contribution in [0.3, 0.4) is 0 Å².